The highest BCUT2D eigenvalue weighted by atomic mass is 35.5. The summed E-state index contributed by atoms with van der Waals surface area (Å²) in [4.78, 5) is 12.3. The molecule has 0 radical (unpaired) electrons. The Morgan fingerprint density at radius 2 is 1.68 bits per heavy atom. The molecule has 204 valence electrons. The standard InChI is InChI=1S/C28H31ClF3N3O3/c1-8-37-25(36)26(4,5)38-23-14-13-20(15-21(23)29)27(6,33-17(2)3)24-16-22(34-35(24)7)18-9-11-19(12-10-18)28(30,31)32/h9-16,33H,2,8H2,1,3-7H3. The maximum atomic E-state index is 13.0. The molecule has 0 aliphatic carbocycles. The Morgan fingerprint density at radius 1 is 1.08 bits per heavy atom. The molecule has 0 saturated carbocycles. The number of aryl methyl sites for hydroxylation is 1. The number of carbonyl (C=O) groups is 1. The third-order valence-corrected chi connectivity index (χ3v) is 6.30. The number of halogens is 4. The van der Waals surface area contributed by atoms with Crippen molar-refractivity contribution in [1.82, 2.24) is 15.1 Å². The molecule has 0 bridgehead atoms. The number of nitrogens with one attached hydrogen (secondary N) is 1. The first-order valence-electron chi connectivity index (χ1n) is 11.9. The smallest absolute Gasteiger partial charge is 0.416 e. The van der Waals surface area contributed by atoms with Gasteiger partial charge in [-0.25, -0.2) is 4.79 Å². The zero-order chi connectivity index (χ0) is 28.5. The lowest BCUT2D eigenvalue weighted by Crippen LogP contribution is -2.41. The molecule has 0 saturated heterocycles. The molecule has 2 aromatic carbocycles. The zero-order valence-corrected chi connectivity index (χ0v) is 22.9. The van der Waals surface area contributed by atoms with E-state index in [0.29, 0.717) is 28.4 Å². The maximum Gasteiger partial charge on any atom is 0.416 e. The molecule has 1 atom stereocenters. The molecular formula is C28H31ClF3N3O3. The van der Waals surface area contributed by atoms with Crippen molar-refractivity contribution in [2.45, 2.75) is 51.9 Å². The van der Waals surface area contributed by atoms with Gasteiger partial charge in [-0.15, -0.1) is 0 Å². The average Bonchev–Trinajstić information content (AvgIpc) is 3.21. The minimum atomic E-state index is -4.42. The van der Waals surface area contributed by atoms with Gasteiger partial charge in [0, 0.05) is 18.3 Å². The van der Waals surface area contributed by atoms with E-state index in [1.807, 2.05) is 19.9 Å². The first kappa shape index (κ1) is 29.1. The number of benzene rings is 2. The molecule has 1 heterocycles. The molecule has 3 aromatic rings. The minimum Gasteiger partial charge on any atom is -0.475 e. The van der Waals surface area contributed by atoms with E-state index in [1.54, 1.807) is 50.7 Å². The van der Waals surface area contributed by atoms with Gasteiger partial charge < -0.3 is 14.8 Å². The molecule has 38 heavy (non-hydrogen) atoms. The number of alkyl halides is 3. The maximum absolute atomic E-state index is 13.0. The number of aromatic nitrogens is 2. The lowest BCUT2D eigenvalue weighted by molar-refractivity contribution is -0.158. The Hall–Kier alpha value is -3.46. The Kier molecular flexibility index (Phi) is 8.21. The van der Waals surface area contributed by atoms with Gasteiger partial charge >= 0.3 is 12.1 Å². The number of ether oxygens (including phenoxy) is 2. The first-order chi connectivity index (χ1) is 17.6. The third-order valence-electron chi connectivity index (χ3n) is 6.00. The van der Waals surface area contributed by atoms with E-state index in [-0.39, 0.29) is 11.6 Å². The number of hydrogen-bond donors (Lipinski definition) is 1. The lowest BCUT2D eigenvalue weighted by Gasteiger charge is -2.33. The molecule has 1 N–H and O–H groups in total. The number of esters is 1. The van der Waals surface area contributed by atoms with Crippen LogP contribution >= 0.6 is 11.6 Å². The van der Waals surface area contributed by atoms with Crippen molar-refractivity contribution in [1.29, 1.82) is 0 Å². The topological polar surface area (TPSA) is 65.4 Å². The number of allylic oxidation sites excluding steroid dienone is 1. The van der Waals surface area contributed by atoms with E-state index < -0.39 is 28.8 Å². The SMILES string of the molecule is C=C(C)NC(C)(c1ccc(OC(C)(C)C(=O)OCC)c(Cl)c1)c1cc(-c2ccc(C(F)(F)F)cc2)nn1C. The van der Waals surface area contributed by atoms with Crippen molar-refractivity contribution in [3.63, 3.8) is 0 Å². The van der Waals surface area contributed by atoms with Crippen LogP contribution in [-0.2, 0) is 28.3 Å². The van der Waals surface area contributed by atoms with E-state index in [0.717, 1.165) is 17.7 Å². The first-order valence-corrected chi connectivity index (χ1v) is 12.3. The molecule has 0 fully saturated rings. The van der Waals surface area contributed by atoms with Gasteiger partial charge in [-0.05, 0) is 70.5 Å². The number of nitrogens with zero attached hydrogens (tertiary/aromatic N) is 2. The monoisotopic (exact) mass is 549 g/mol. The Labute approximate surface area is 225 Å². The molecule has 0 aliphatic rings. The second-order valence-electron chi connectivity index (χ2n) is 9.62. The van der Waals surface area contributed by atoms with Crippen molar-refractivity contribution in [2.75, 3.05) is 6.61 Å². The average molecular weight is 550 g/mol. The van der Waals surface area contributed by atoms with Crippen molar-refractivity contribution >= 4 is 17.6 Å². The van der Waals surface area contributed by atoms with Crippen LogP contribution < -0.4 is 10.1 Å². The van der Waals surface area contributed by atoms with E-state index >= 15 is 0 Å². The van der Waals surface area contributed by atoms with Crippen LogP contribution in [-0.4, -0.2) is 28.0 Å². The summed E-state index contributed by atoms with van der Waals surface area (Å²) in [7, 11) is 1.75. The summed E-state index contributed by atoms with van der Waals surface area (Å²) in [6.45, 7) is 12.9. The number of hydrogen-bond acceptors (Lipinski definition) is 5. The fourth-order valence-corrected chi connectivity index (χ4v) is 4.35. The summed E-state index contributed by atoms with van der Waals surface area (Å²) >= 11 is 6.60. The summed E-state index contributed by atoms with van der Waals surface area (Å²) in [5, 5.41) is 8.21. The molecule has 1 aromatic heterocycles. The molecule has 1 unspecified atom stereocenters. The number of rotatable bonds is 9. The molecule has 0 aliphatic heterocycles. The predicted molar refractivity (Wildman–Crippen MR) is 141 cm³/mol. The van der Waals surface area contributed by atoms with Crippen molar-refractivity contribution in [3.05, 3.63) is 82.7 Å². The number of carbonyl (C=O) groups excluding carboxylic acids is 1. The van der Waals surface area contributed by atoms with E-state index in [2.05, 4.69) is 17.0 Å². The van der Waals surface area contributed by atoms with Gasteiger partial charge in [-0.2, -0.15) is 18.3 Å². The molecular weight excluding hydrogens is 519 g/mol. The van der Waals surface area contributed by atoms with Crippen LogP contribution in [0.3, 0.4) is 0 Å². The van der Waals surface area contributed by atoms with Crippen LogP contribution in [0.4, 0.5) is 13.2 Å². The van der Waals surface area contributed by atoms with Crippen LogP contribution in [0, 0.1) is 0 Å². The summed E-state index contributed by atoms with van der Waals surface area (Å²) in [6.07, 6.45) is -4.42. The van der Waals surface area contributed by atoms with Crippen LogP contribution in [0.25, 0.3) is 11.3 Å². The van der Waals surface area contributed by atoms with Crippen molar-refractivity contribution in [2.24, 2.45) is 7.05 Å². The highest BCUT2D eigenvalue weighted by Gasteiger charge is 2.36. The lowest BCUT2D eigenvalue weighted by atomic mass is 9.87. The summed E-state index contributed by atoms with van der Waals surface area (Å²) in [5.41, 5.74) is 0.323. The highest BCUT2D eigenvalue weighted by molar-refractivity contribution is 6.32. The Morgan fingerprint density at radius 3 is 2.21 bits per heavy atom. The second kappa shape index (κ2) is 10.7. The largest absolute Gasteiger partial charge is 0.475 e. The van der Waals surface area contributed by atoms with Crippen molar-refractivity contribution in [3.8, 4) is 17.0 Å². The Balaban J connectivity index is 2.01. The molecule has 6 nitrogen and oxygen atoms in total. The minimum absolute atomic E-state index is 0.225. The fraction of sp³-hybridized carbons (Fsp3) is 0.357. The molecule has 10 heteroatoms. The van der Waals surface area contributed by atoms with Crippen LogP contribution in [0.15, 0.2) is 60.8 Å². The van der Waals surface area contributed by atoms with Crippen LogP contribution in [0.2, 0.25) is 5.02 Å². The van der Waals surface area contributed by atoms with Gasteiger partial charge in [0.2, 0.25) is 0 Å². The van der Waals surface area contributed by atoms with Crippen LogP contribution in [0.5, 0.6) is 5.75 Å². The Bertz CT molecular complexity index is 1330. The van der Waals surface area contributed by atoms with Gasteiger partial charge in [-0.1, -0.05) is 36.4 Å². The van der Waals surface area contributed by atoms with E-state index in [4.69, 9.17) is 21.1 Å². The molecule has 0 amide bonds. The second-order valence-corrected chi connectivity index (χ2v) is 10.0. The van der Waals surface area contributed by atoms with Gasteiger partial charge in [0.15, 0.2) is 5.60 Å². The van der Waals surface area contributed by atoms with Gasteiger partial charge in [-0.3, -0.25) is 4.68 Å². The quantitative estimate of drug-likeness (QED) is 0.295. The summed E-state index contributed by atoms with van der Waals surface area (Å²) in [5.74, 6) is -0.207. The van der Waals surface area contributed by atoms with Crippen LogP contribution in [0.1, 0.15) is 51.4 Å². The third kappa shape index (κ3) is 6.15. The van der Waals surface area contributed by atoms with Gasteiger partial charge in [0.25, 0.3) is 0 Å². The summed E-state index contributed by atoms with van der Waals surface area (Å²) in [6, 6.07) is 11.9. The summed E-state index contributed by atoms with van der Waals surface area (Å²) < 4.78 is 51.6. The van der Waals surface area contributed by atoms with E-state index in [9.17, 15) is 18.0 Å². The molecule has 0 spiro atoms. The highest BCUT2D eigenvalue weighted by Crippen LogP contribution is 2.38. The van der Waals surface area contributed by atoms with Gasteiger partial charge in [0.05, 0.1) is 28.6 Å². The van der Waals surface area contributed by atoms with E-state index in [1.165, 1.54) is 12.1 Å². The zero-order valence-electron chi connectivity index (χ0n) is 22.2. The normalized spacial score (nSPS) is 13.5. The molecule has 3 rings (SSSR count). The van der Waals surface area contributed by atoms with Gasteiger partial charge in [0.1, 0.15) is 11.3 Å². The fourth-order valence-electron chi connectivity index (χ4n) is 4.13. The van der Waals surface area contributed by atoms with Crippen molar-refractivity contribution < 1.29 is 27.4 Å². The predicted octanol–water partition coefficient (Wildman–Crippen LogP) is 6.87.